The number of primary amides is 1. The monoisotopic (exact) mass is 903 g/mol. The van der Waals surface area contributed by atoms with Crippen molar-refractivity contribution in [3.05, 3.63) is 28.6 Å². The third-order valence-corrected chi connectivity index (χ3v) is 12.6. The molecule has 4 heterocycles. The Hall–Kier alpha value is -4.71. The van der Waals surface area contributed by atoms with E-state index in [1.54, 1.807) is 39.0 Å². The van der Waals surface area contributed by atoms with E-state index < -0.39 is 78.1 Å². The van der Waals surface area contributed by atoms with Gasteiger partial charge in [0, 0.05) is 35.7 Å². The van der Waals surface area contributed by atoms with Crippen LogP contribution < -0.4 is 25.8 Å². The highest BCUT2D eigenvalue weighted by atomic mass is 35.5. The number of ether oxygens (including phenoxy) is 4. The molecule has 0 spiro atoms. The standard InChI is InChI=1S/C43H56ClF2N7O8S/c1-21(2)48-38-50-29(19-62-38)28-15-32(27-9-10-31(33(44)34(27)49-28)58-18-24-16-43(45,46)20-53(24)40(57)61-42(6,7)8)59-26-14-30(36(47)54)52(17-26)37(55)35(41(3,4)5)51-39(56)60-25-12-22-11-23(22)13-25/h9-10,15,19,21-26,30,35H,11-14,16-18,20H2,1-8H3,(H2,47,54)(H,48,50)(H,51,56)/t22-,23+,24-,25?,26?,30-,35+/m0/s1. The number of alkyl halides is 2. The van der Waals surface area contributed by atoms with Crippen molar-refractivity contribution in [2.24, 2.45) is 23.0 Å². The number of likely N-dealkylation sites (tertiary alicyclic amines) is 2. The number of hydrogen-bond acceptors (Lipinski definition) is 12. The summed E-state index contributed by atoms with van der Waals surface area (Å²) in [5, 5.41) is 9.05. The Morgan fingerprint density at radius 3 is 2.34 bits per heavy atom. The average Bonchev–Trinajstić information content (AvgIpc) is 3.57. The first-order valence-electron chi connectivity index (χ1n) is 21.0. The van der Waals surface area contributed by atoms with Gasteiger partial charge in [-0.25, -0.2) is 28.3 Å². The minimum atomic E-state index is -3.14. The Labute approximate surface area is 368 Å². The van der Waals surface area contributed by atoms with Crippen molar-refractivity contribution in [2.75, 3.05) is 25.0 Å². The minimum absolute atomic E-state index is 0.0326. The first-order chi connectivity index (χ1) is 28.9. The van der Waals surface area contributed by atoms with Crippen molar-refractivity contribution >= 4 is 63.0 Å². The number of alkyl carbamates (subject to hydrolysis) is 1. The first kappa shape index (κ1) is 45.3. The molecule has 15 nitrogen and oxygen atoms in total. The van der Waals surface area contributed by atoms with Gasteiger partial charge in [0.25, 0.3) is 5.92 Å². The van der Waals surface area contributed by atoms with Crippen LogP contribution in [0.2, 0.25) is 5.02 Å². The van der Waals surface area contributed by atoms with Crippen molar-refractivity contribution in [1.82, 2.24) is 25.1 Å². The largest absolute Gasteiger partial charge is 0.490 e. The molecular formula is C43H56ClF2N7O8S. The van der Waals surface area contributed by atoms with Gasteiger partial charge >= 0.3 is 12.2 Å². The highest BCUT2D eigenvalue weighted by Crippen LogP contribution is 2.52. The summed E-state index contributed by atoms with van der Waals surface area (Å²) in [4.78, 5) is 65.2. The fourth-order valence-electron chi connectivity index (χ4n) is 8.47. The lowest BCUT2D eigenvalue weighted by atomic mass is 9.85. The van der Waals surface area contributed by atoms with Gasteiger partial charge in [-0.15, -0.1) is 11.3 Å². The van der Waals surface area contributed by atoms with E-state index in [0.29, 0.717) is 39.5 Å². The van der Waals surface area contributed by atoms with Crippen LogP contribution in [0, 0.1) is 17.3 Å². The zero-order valence-electron chi connectivity index (χ0n) is 36.3. The van der Waals surface area contributed by atoms with E-state index in [1.807, 2.05) is 40.0 Å². The van der Waals surface area contributed by atoms with Crippen LogP contribution >= 0.6 is 22.9 Å². The fraction of sp³-hybridized carbons (Fsp3) is 0.628. The summed E-state index contributed by atoms with van der Waals surface area (Å²) in [5.74, 6) is -2.73. The molecule has 2 aliphatic carbocycles. The van der Waals surface area contributed by atoms with Crippen molar-refractivity contribution in [3.63, 3.8) is 0 Å². The van der Waals surface area contributed by atoms with E-state index in [2.05, 4.69) is 10.6 Å². The number of hydrogen-bond donors (Lipinski definition) is 3. The molecule has 0 radical (unpaired) electrons. The molecule has 7 rings (SSSR count). The molecule has 2 aromatic heterocycles. The summed E-state index contributed by atoms with van der Waals surface area (Å²) in [7, 11) is 0. The second-order valence-corrected chi connectivity index (χ2v) is 20.6. The lowest BCUT2D eigenvalue weighted by Crippen LogP contribution is -2.57. The summed E-state index contributed by atoms with van der Waals surface area (Å²) in [5.41, 5.74) is 5.39. The van der Waals surface area contributed by atoms with Crippen LogP contribution in [0.15, 0.2) is 23.6 Å². The predicted molar refractivity (Wildman–Crippen MR) is 230 cm³/mol. The molecule has 62 heavy (non-hydrogen) atoms. The smallest absolute Gasteiger partial charge is 0.410 e. The number of nitrogens with zero attached hydrogens (tertiary/aromatic N) is 4. The molecule has 4 amide bonds. The number of rotatable bonds is 12. The molecule has 3 aromatic rings. The molecule has 2 unspecified atom stereocenters. The van der Waals surface area contributed by atoms with Gasteiger partial charge in [0.2, 0.25) is 11.8 Å². The van der Waals surface area contributed by atoms with Gasteiger partial charge in [-0.2, -0.15) is 0 Å². The van der Waals surface area contributed by atoms with Crippen LogP contribution in [0.5, 0.6) is 11.5 Å². The summed E-state index contributed by atoms with van der Waals surface area (Å²) in [6.45, 7) is 13.2. The van der Waals surface area contributed by atoms with Gasteiger partial charge in [0.15, 0.2) is 5.13 Å². The maximum absolute atomic E-state index is 14.7. The van der Waals surface area contributed by atoms with Gasteiger partial charge in [-0.1, -0.05) is 32.4 Å². The highest BCUT2D eigenvalue weighted by molar-refractivity contribution is 7.14. The summed E-state index contributed by atoms with van der Waals surface area (Å²) >= 11 is 8.40. The zero-order chi connectivity index (χ0) is 45.1. The van der Waals surface area contributed by atoms with Crippen LogP contribution in [-0.2, 0) is 19.1 Å². The number of pyridine rings is 1. The number of carbonyl (C=O) groups is 4. The number of nitrogens with two attached hydrogens (primary N) is 1. The van der Waals surface area contributed by atoms with E-state index in [-0.39, 0.29) is 48.0 Å². The van der Waals surface area contributed by atoms with E-state index >= 15 is 0 Å². The van der Waals surface area contributed by atoms with Crippen LogP contribution in [0.25, 0.3) is 22.3 Å². The molecule has 19 heteroatoms. The van der Waals surface area contributed by atoms with E-state index in [4.69, 9.17) is 46.3 Å². The Morgan fingerprint density at radius 1 is 0.984 bits per heavy atom. The van der Waals surface area contributed by atoms with Gasteiger partial charge < -0.3 is 40.2 Å². The van der Waals surface area contributed by atoms with Crippen LogP contribution in [0.3, 0.4) is 0 Å². The molecule has 338 valence electrons. The van der Waals surface area contributed by atoms with Crippen molar-refractivity contribution in [3.8, 4) is 22.9 Å². The quantitative estimate of drug-likeness (QED) is 0.162. The molecule has 2 saturated heterocycles. The van der Waals surface area contributed by atoms with Gasteiger partial charge in [0.1, 0.15) is 58.7 Å². The summed E-state index contributed by atoms with van der Waals surface area (Å²) in [6.07, 6.45) is -0.239. The number of amides is 4. The van der Waals surface area contributed by atoms with Gasteiger partial charge in [-0.05, 0) is 83.3 Å². The second kappa shape index (κ2) is 17.1. The second-order valence-electron chi connectivity index (χ2n) is 19.3. The van der Waals surface area contributed by atoms with Gasteiger partial charge in [-0.3, -0.25) is 14.5 Å². The third kappa shape index (κ3) is 10.4. The first-order valence-corrected chi connectivity index (χ1v) is 22.3. The Morgan fingerprint density at radius 2 is 1.69 bits per heavy atom. The minimum Gasteiger partial charge on any atom is -0.490 e. The lowest BCUT2D eigenvalue weighted by molar-refractivity contribution is -0.141. The number of fused-ring (bicyclic) bond motifs is 2. The van der Waals surface area contributed by atoms with Gasteiger partial charge in [0.05, 0.1) is 30.3 Å². The van der Waals surface area contributed by atoms with Crippen LogP contribution in [-0.4, -0.2) is 111 Å². The van der Waals surface area contributed by atoms with Crippen molar-refractivity contribution in [2.45, 2.75) is 135 Å². The van der Waals surface area contributed by atoms with E-state index in [1.165, 1.54) is 22.7 Å². The van der Waals surface area contributed by atoms with Crippen molar-refractivity contribution in [1.29, 1.82) is 0 Å². The maximum atomic E-state index is 14.7. The lowest BCUT2D eigenvalue weighted by Gasteiger charge is -2.35. The highest BCUT2D eigenvalue weighted by Gasteiger charge is 2.50. The molecule has 4 aliphatic rings. The molecule has 4 N–H and O–H groups in total. The topological polar surface area (TPSA) is 188 Å². The SMILES string of the molecule is CC(C)Nc1nc(-c2cc(OC3C[C@@H](C(N)=O)N(C(=O)[C@@H](NC(=O)OC4C[C@@H]5C[C@@H]5C4)C(C)(C)C)C3)c3ccc(OC[C@@H]4CC(F)(F)CN4C(=O)OC(C)(C)C)c(Cl)c3n2)cs1. The molecule has 2 aliphatic heterocycles. The van der Waals surface area contributed by atoms with E-state index in [9.17, 15) is 28.0 Å². The number of nitrogens with one attached hydrogen (secondary N) is 2. The van der Waals surface area contributed by atoms with Crippen molar-refractivity contribution < 1.29 is 46.9 Å². The Balaban J connectivity index is 1.15. The average molecular weight is 904 g/mol. The van der Waals surface area contributed by atoms with E-state index in [0.717, 1.165) is 17.7 Å². The fourth-order valence-corrected chi connectivity index (χ4v) is 9.58. The number of anilines is 1. The molecule has 4 fully saturated rings. The number of benzene rings is 1. The number of halogens is 3. The number of carbonyl (C=O) groups excluding carboxylic acids is 4. The predicted octanol–water partition coefficient (Wildman–Crippen LogP) is 7.63. The molecule has 7 atom stereocenters. The van der Waals surface area contributed by atoms with Crippen LogP contribution in [0.4, 0.5) is 23.5 Å². The Bertz CT molecular complexity index is 2200. The normalized spacial score (nSPS) is 24.8. The summed E-state index contributed by atoms with van der Waals surface area (Å²) < 4.78 is 53.1. The number of thiazole rings is 1. The van der Waals surface area contributed by atoms with Crippen LogP contribution in [0.1, 0.15) is 87.5 Å². The third-order valence-electron chi connectivity index (χ3n) is 11.5. The molecule has 0 bridgehead atoms. The summed E-state index contributed by atoms with van der Waals surface area (Å²) in [6, 6.07) is 1.93. The maximum Gasteiger partial charge on any atom is 0.410 e. The molecule has 2 saturated carbocycles. The molecule has 1 aromatic carbocycles. The Kier molecular flexibility index (Phi) is 12.5. The number of aromatic nitrogens is 2. The zero-order valence-corrected chi connectivity index (χ0v) is 37.8. The molecular weight excluding hydrogens is 848 g/mol.